The molecule has 1 aliphatic carbocycles. The molecule has 0 bridgehead atoms. The van der Waals surface area contributed by atoms with Crippen LogP contribution in [0, 0.1) is 0 Å². The van der Waals surface area contributed by atoms with Gasteiger partial charge in [0.15, 0.2) is 0 Å². The van der Waals surface area contributed by atoms with Gasteiger partial charge >= 0.3 is 0 Å². The first-order valence-corrected chi connectivity index (χ1v) is 5.42. The van der Waals surface area contributed by atoms with Crippen molar-refractivity contribution in [2.45, 2.75) is 31.8 Å². The first-order chi connectivity index (χ1) is 7.36. The number of methoxy groups -OCH3 is 1. The Morgan fingerprint density at radius 1 is 1.53 bits per heavy atom. The van der Waals surface area contributed by atoms with Crippen LogP contribution in [-0.4, -0.2) is 35.8 Å². The van der Waals surface area contributed by atoms with Gasteiger partial charge in [0.2, 0.25) is 0 Å². The third kappa shape index (κ3) is 2.35. The first-order valence-electron chi connectivity index (χ1n) is 5.42. The lowest BCUT2D eigenvalue weighted by molar-refractivity contribution is 0.182. The number of nitrogens with zero attached hydrogens (tertiary/aromatic N) is 3. The predicted octanol–water partition coefficient (Wildman–Crippen LogP) is 0.521. The van der Waals surface area contributed by atoms with Gasteiger partial charge in [-0.15, -0.1) is 5.10 Å². The first kappa shape index (κ1) is 10.6. The van der Waals surface area contributed by atoms with Crippen LogP contribution in [-0.2, 0) is 17.8 Å². The van der Waals surface area contributed by atoms with Crippen LogP contribution in [0.4, 0.5) is 0 Å². The van der Waals surface area contributed by atoms with Crippen molar-refractivity contribution >= 4 is 0 Å². The highest BCUT2D eigenvalue weighted by molar-refractivity contribution is 5.20. The average molecular weight is 210 g/mol. The Labute approximate surface area is 89.8 Å². The molecule has 5 nitrogen and oxygen atoms in total. The second kappa shape index (κ2) is 4.72. The number of ether oxygens (including phenoxy) is 1. The maximum Gasteiger partial charge on any atom is 0.0999 e. The van der Waals surface area contributed by atoms with Gasteiger partial charge < -0.3 is 10.1 Å². The molecule has 2 rings (SSSR count). The zero-order valence-electron chi connectivity index (χ0n) is 9.36. The SMILES string of the molecule is CNCc1nnn(CCOC)c1C1CC1. The van der Waals surface area contributed by atoms with E-state index in [1.165, 1.54) is 18.5 Å². The highest BCUT2D eigenvalue weighted by Gasteiger charge is 2.30. The summed E-state index contributed by atoms with van der Waals surface area (Å²) in [5.41, 5.74) is 2.40. The lowest BCUT2D eigenvalue weighted by Crippen LogP contribution is -2.11. The van der Waals surface area contributed by atoms with Gasteiger partial charge in [0.25, 0.3) is 0 Å². The topological polar surface area (TPSA) is 52.0 Å². The van der Waals surface area contributed by atoms with Crippen LogP contribution in [0.25, 0.3) is 0 Å². The maximum atomic E-state index is 5.07. The Morgan fingerprint density at radius 2 is 2.33 bits per heavy atom. The standard InChI is InChI=1S/C10H18N4O/c1-11-7-9-10(8-3-4-8)14(13-12-9)5-6-15-2/h8,11H,3-7H2,1-2H3. The zero-order chi connectivity index (χ0) is 10.7. The van der Waals surface area contributed by atoms with Crippen molar-refractivity contribution in [3.05, 3.63) is 11.4 Å². The largest absolute Gasteiger partial charge is 0.383 e. The van der Waals surface area contributed by atoms with Gasteiger partial charge in [-0.3, -0.25) is 0 Å². The van der Waals surface area contributed by atoms with Crippen LogP contribution in [0.3, 0.4) is 0 Å². The van der Waals surface area contributed by atoms with Crippen molar-refractivity contribution in [2.75, 3.05) is 20.8 Å². The highest BCUT2D eigenvalue weighted by atomic mass is 16.5. The molecule has 1 N–H and O–H groups in total. The second-order valence-corrected chi connectivity index (χ2v) is 3.94. The monoisotopic (exact) mass is 210 g/mol. The summed E-state index contributed by atoms with van der Waals surface area (Å²) in [4.78, 5) is 0. The van der Waals surface area contributed by atoms with Gasteiger partial charge in [-0.25, -0.2) is 4.68 Å². The van der Waals surface area contributed by atoms with E-state index in [4.69, 9.17) is 4.74 Å². The summed E-state index contributed by atoms with van der Waals surface area (Å²) in [6.07, 6.45) is 2.55. The molecule has 5 heteroatoms. The lowest BCUT2D eigenvalue weighted by Gasteiger charge is -2.05. The van der Waals surface area contributed by atoms with E-state index in [1.807, 2.05) is 11.7 Å². The van der Waals surface area contributed by atoms with Gasteiger partial charge in [-0.1, -0.05) is 5.21 Å². The van der Waals surface area contributed by atoms with Gasteiger partial charge in [-0.05, 0) is 19.9 Å². The third-order valence-corrected chi connectivity index (χ3v) is 2.66. The fourth-order valence-corrected chi connectivity index (χ4v) is 1.80. The molecule has 0 saturated heterocycles. The summed E-state index contributed by atoms with van der Waals surface area (Å²) in [6.45, 7) is 2.31. The molecule has 0 unspecified atom stereocenters. The Bertz CT molecular complexity index is 319. The van der Waals surface area contributed by atoms with Gasteiger partial charge in [-0.2, -0.15) is 0 Å². The van der Waals surface area contributed by atoms with E-state index in [9.17, 15) is 0 Å². The van der Waals surface area contributed by atoms with Crippen LogP contribution < -0.4 is 5.32 Å². The summed E-state index contributed by atoms with van der Waals surface area (Å²) in [5, 5.41) is 11.5. The molecule has 1 aromatic rings. The number of rotatable bonds is 6. The fourth-order valence-electron chi connectivity index (χ4n) is 1.80. The van der Waals surface area contributed by atoms with Crippen LogP contribution in [0.15, 0.2) is 0 Å². The van der Waals surface area contributed by atoms with Crippen molar-refractivity contribution in [2.24, 2.45) is 0 Å². The molecule has 0 radical (unpaired) electrons. The minimum atomic E-state index is 0.681. The molecule has 0 spiro atoms. The zero-order valence-corrected chi connectivity index (χ0v) is 9.36. The van der Waals surface area contributed by atoms with Crippen molar-refractivity contribution < 1.29 is 4.74 Å². The molecule has 84 valence electrons. The Kier molecular flexibility index (Phi) is 3.33. The van der Waals surface area contributed by atoms with Crippen LogP contribution in [0.1, 0.15) is 30.1 Å². The molecule has 0 aliphatic heterocycles. The number of hydrogen-bond donors (Lipinski definition) is 1. The van der Waals surface area contributed by atoms with E-state index in [-0.39, 0.29) is 0 Å². The van der Waals surface area contributed by atoms with Crippen molar-refractivity contribution in [1.29, 1.82) is 0 Å². The molecular formula is C10H18N4O. The molecule has 0 amide bonds. The normalized spacial score (nSPS) is 15.9. The quantitative estimate of drug-likeness (QED) is 0.743. The molecule has 15 heavy (non-hydrogen) atoms. The summed E-state index contributed by atoms with van der Waals surface area (Å²) in [7, 11) is 3.65. The van der Waals surface area contributed by atoms with E-state index < -0.39 is 0 Å². The molecule has 1 fully saturated rings. The van der Waals surface area contributed by atoms with Crippen LogP contribution in [0.5, 0.6) is 0 Å². The molecule has 0 atom stereocenters. The molecule has 1 heterocycles. The van der Waals surface area contributed by atoms with Crippen LogP contribution >= 0.6 is 0 Å². The van der Waals surface area contributed by atoms with Crippen molar-refractivity contribution in [3.8, 4) is 0 Å². The summed E-state index contributed by atoms with van der Waals surface area (Å²) in [5.74, 6) is 0.681. The van der Waals surface area contributed by atoms with E-state index in [2.05, 4.69) is 15.6 Å². The second-order valence-electron chi connectivity index (χ2n) is 3.94. The van der Waals surface area contributed by atoms with Crippen molar-refractivity contribution in [1.82, 2.24) is 20.3 Å². The van der Waals surface area contributed by atoms with E-state index in [0.717, 1.165) is 18.8 Å². The average Bonchev–Trinajstić information content (AvgIpc) is 3.00. The Hall–Kier alpha value is -0.940. The third-order valence-electron chi connectivity index (χ3n) is 2.66. The summed E-state index contributed by atoms with van der Waals surface area (Å²) >= 11 is 0. The van der Waals surface area contributed by atoms with E-state index >= 15 is 0 Å². The molecule has 1 aromatic heterocycles. The van der Waals surface area contributed by atoms with E-state index in [1.54, 1.807) is 7.11 Å². The lowest BCUT2D eigenvalue weighted by atomic mass is 10.2. The van der Waals surface area contributed by atoms with Crippen LogP contribution in [0.2, 0.25) is 0 Å². The molecule has 1 saturated carbocycles. The summed E-state index contributed by atoms with van der Waals surface area (Å²) < 4.78 is 7.06. The molecule has 0 aromatic carbocycles. The molecular weight excluding hydrogens is 192 g/mol. The summed E-state index contributed by atoms with van der Waals surface area (Å²) in [6, 6.07) is 0. The maximum absolute atomic E-state index is 5.07. The smallest absolute Gasteiger partial charge is 0.0999 e. The predicted molar refractivity (Wildman–Crippen MR) is 56.6 cm³/mol. The Balaban J connectivity index is 2.13. The van der Waals surface area contributed by atoms with Gasteiger partial charge in [0.1, 0.15) is 0 Å². The molecule has 1 aliphatic rings. The number of aromatic nitrogens is 3. The van der Waals surface area contributed by atoms with Crippen molar-refractivity contribution in [3.63, 3.8) is 0 Å². The van der Waals surface area contributed by atoms with Gasteiger partial charge in [0, 0.05) is 19.6 Å². The minimum absolute atomic E-state index is 0.681. The van der Waals surface area contributed by atoms with E-state index in [0.29, 0.717) is 12.5 Å². The highest BCUT2D eigenvalue weighted by Crippen LogP contribution is 2.41. The number of hydrogen-bond acceptors (Lipinski definition) is 4. The fraction of sp³-hybridized carbons (Fsp3) is 0.800. The van der Waals surface area contributed by atoms with Gasteiger partial charge in [0.05, 0.1) is 24.5 Å². The Morgan fingerprint density at radius 3 is 2.93 bits per heavy atom. The minimum Gasteiger partial charge on any atom is -0.383 e. The number of nitrogens with one attached hydrogen (secondary N) is 1.